The summed E-state index contributed by atoms with van der Waals surface area (Å²) in [4.78, 5) is 10.2. The quantitative estimate of drug-likeness (QED) is 0.424. The molecule has 3 nitrogen and oxygen atoms in total. The van der Waals surface area contributed by atoms with Crippen molar-refractivity contribution >= 4 is 6.29 Å². The average Bonchev–Trinajstić information content (AvgIpc) is 2.70. The van der Waals surface area contributed by atoms with Gasteiger partial charge < -0.3 is 14.3 Å². The molecular formula is C7H12O3. The number of methoxy groups -OCH3 is 2. The highest BCUT2D eigenvalue weighted by atomic mass is 16.7. The van der Waals surface area contributed by atoms with Crippen molar-refractivity contribution in [2.24, 2.45) is 11.8 Å². The lowest BCUT2D eigenvalue weighted by Gasteiger charge is -2.11. The molecule has 2 atom stereocenters. The van der Waals surface area contributed by atoms with E-state index < -0.39 is 0 Å². The summed E-state index contributed by atoms with van der Waals surface area (Å²) < 4.78 is 9.95. The molecule has 2 unspecified atom stereocenters. The van der Waals surface area contributed by atoms with E-state index in [1.165, 1.54) is 0 Å². The molecule has 3 heteroatoms. The van der Waals surface area contributed by atoms with Crippen molar-refractivity contribution in [1.82, 2.24) is 0 Å². The second-order valence-electron chi connectivity index (χ2n) is 2.54. The first-order valence-corrected chi connectivity index (χ1v) is 3.34. The molecule has 0 radical (unpaired) electrons. The predicted octanol–water partition coefficient (Wildman–Crippen LogP) is 0.440. The van der Waals surface area contributed by atoms with Gasteiger partial charge in [0.2, 0.25) is 0 Å². The molecule has 0 aromatic carbocycles. The van der Waals surface area contributed by atoms with Crippen LogP contribution in [0.4, 0.5) is 0 Å². The summed E-state index contributed by atoms with van der Waals surface area (Å²) in [5, 5.41) is 0. The van der Waals surface area contributed by atoms with Gasteiger partial charge in [0.25, 0.3) is 0 Å². The Morgan fingerprint density at radius 1 is 1.50 bits per heavy atom. The number of rotatable bonds is 4. The Bertz CT molecular complexity index is 120. The van der Waals surface area contributed by atoms with Crippen LogP contribution >= 0.6 is 0 Å². The fourth-order valence-electron chi connectivity index (χ4n) is 1.15. The highest BCUT2D eigenvalue weighted by molar-refractivity contribution is 5.58. The van der Waals surface area contributed by atoms with E-state index >= 15 is 0 Å². The number of hydrogen-bond acceptors (Lipinski definition) is 3. The molecular weight excluding hydrogens is 132 g/mol. The third-order valence-electron chi connectivity index (χ3n) is 1.88. The summed E-state index contributed by atoms with van der Waals surface area (Å²) in [6.07, 6.45) is 1.70. The van der Waals surface area contributed by atoms with Crippen molar-refractivity contribution in [2.75, 3.05) is 14.2 Å². The summed E-state index contributed by atoms with van der Waals surface area (Å²) in [6.45, 7) is 0. The van der Waals surface area contributed by atoms with E-state index in [1.807, 2.05) is 0 Å². The van der Waals surface area contributed by atoms with Gasteiger partial charge in [-0.15, -0.1) is 0 Å². The molecule has 0 heterocycles. The zero-order chi connectivity index (χ0) is 7.56. The normalized spacial score (nSPS) is 30.7. The first-order valence-electron chi connectivity index (χ1n) is 3.34. The largest absolute Gasteiger partial charge is 0.356 e. The van der Waals surface area contributed by atoms with Crippen LogP contribution in [-0.4, -0.2) is 26.8 Å². The predicted molar refractivity (Wildman–Crippen MR) is 35.5 cm³/mol. The van der Waals surface area contributed by atoms with E-state index in [0.29, 0.717) is 5.92 Å². The van der Waals surface area contributed by atoms with Crippen LogP contribution < -0.4 is 0 Å². The topological polar surface area (TPSA) is 35.5 Å². The van der Waals surface area contributed by atoms with Crippen LogP contribution in [0.1, 0.15) is 6.42 Å². The molecule has 0 aromatic heterocycles. The zero-order valence-corrected chi connectivity index (χ0v) is 6.24. The van der Waals surface area contributed by atoms with E-state index in [4.69, 9.17) is 9.47 Å². The van der Waals surface area contributed by atoms with E-state index in [1.54, 1.807) is 14.2 Å². The van der Waals surface area contributed by atoms with Crippen LogP contribution in [-0.2, 0) is 14.3 Å². The molecule has 0 amide bonds. The van der Waals surface area contributed by atoms with Crippen LogP contribution in [0, 0.1) is 11.8 Å². The van der Waals surface area contributed by atoms with Gasteiger partial charge in [0.05, 0.1) is 0 Å². The van der Waals surface area contributed by atoms with Gasteiger partial charge in [-0.25, -0.2) is 0 Å². The van der Waals surface area contributed by atoms with E-state index in [0.717, 1.165) is 12.7 Å². The van der Waals surface area contributed by atoms with Crippen LogP contribution in [0.25, 0.3) is 0 Å². The first kappa shape index (κ1) is 7.69. The van der Waals surface area contributed by atoms with Gasteiger partial charge in [0.1, 0.15) is 6.29 Å². The van der Waals surface area contributed by atoms with E-state index in [2.05, 4.69) is 0 Å². The van der Waals surface area contributed by atoms with Crippen molar-refractivity contribution in [3.05, 3.63) is 0 Å². The summed E-state index contributed by atoms with van der Waals surface area (Å²) in [7, 11) is 3.18. The molecule has 0 saturated heterocycles. The van der Waals surface area contributed by atoms with Crippen molar-refractivity contribution in [2.45, 2.75) is 12.7 Å². The third-order valence-corrected chi connectivity index (χ3v) is 1.88. The number of carbonyl (C=O) groups excluding carboxylic acids is 1. The van der Waals surface area contributed by atoms with Gasteiger partial charge >= 0.3 is 0 Å². The Morgan fingerprint density at radius 2 is 2.10 bits per heavy atom. The molecule has 0 bridgehead atoms. The Morgan fingerprint density at radius 3 is 2.40 bits per heavy atom. The van der Waals surface area contributed by atoms with Crippen LogP contribution in [0.3, 0.4) is 0 Å². The summed E-state index contributed by atoms with van der Waals surface area (Å²) in [5.41, 5.74) is 0. The van der Waals surface area contributed by atoms with E-state index in [-0.39, 0.29) is 12.2 Å². The highest BCUT2D eigenvalue weighted by Crippen LogP contribution is 2.40. The minimum absolute atomic E-state index is 0.171. The minimum Gasteiger partial charge on any atom is -0.356 e. The van der Waals surface area contributed by atoms with Gasteiger partial charge in [0.15, 0.2) is 6.29 Å². The van der Waals surface area contributed by atoms with Crippen molar-refractivity contribution < 1.29 is 14.3 Å². The number of carbonyl (C=O) groups is 1. The van der Waals surface area contributed by atoms with Gasteiger partial charge in [0, 0.05) is 26.1 Å². The van der Waals surface area contributed by atoms with Gasteiger partial charge in [-0.2, -0.15) is 0 Å². The number of aldehydes is 1. The maximum atomic E-state index is 10.2. The monoisotopic (exact) mass is 144 g/mol. The van der Waals surface area contributed by atoms with Gasteiger partial charge in [-0.1, -0.05) is 0 Å². The van der Waals surface area contributed by atoms with E-state index in [9.17, 15) is 4.79 Å². The molecule has 1 aliphatic rings. The number of ether oxygens (including phenoxy) is 2. The Labute approximate surface area is 60.3 Å². The highest BCUT2D eigenvalue weighted by Gasteiger charge is 2.43. The van der Waals surface area contributed by atoms with Gasteiger partial charge in [-0.3, -0.25) is 0 Å². The second kappa shape index (κ2) is 3.12. The van der Waals surface area contributed by atoms with Crippen molar-refractivity contribution in [3.63, 3.8) is 0 Å². The molecule has 0 aromatic rings. The maximum absolute atomic E-state index is 10.2. The zero-order valence-electron chi connectivity index (χ0n) is 6.24. The van der Waals surface area contributed by atoms with Gasteiger partial charge in [-0.05, 0) is 6.42 Å². The summed E-state index contributed by atoms with van der Waals surface area (Å²) in [5.74, 6) is 0.470. The SMILES string of the molecule is COC(OC)C1CC1C=O. The molecule has 1 saturated carbocycles. The number of hydrogen-bond donors (Lipinski definition) is 0. The molecule has 0 N–H and O–H groups in total. The Hall–Kier alpha value is -0.410. The first-order chi connectivity index (χ1) is 4.83. The molecule has 10 heavy (non-hydrogen) atoms. The Balaban J connectivity index is 2.29. The molecule has 58 valence electrons. The fraction of sp³-hybridized carbons (Fsp3) is 0.857. The van der Waals surface area contributed by atoms with Crippen molar-refractivity contribution in [3.8, 4) is 0 Å². The maximum Gasteiger partial charge on any atom is 0.160 e. The lowest BCUT2D eigenvalue weighted by atomic mass is 10.3. The van der Waals surface area contributed by atoms with Crippen LogP contribution in [0.15, 0.2) is 0 Å². The lowest BCUT2D eigenvalue weighted by Crippen LogP contribution is -2.16. The van der Waals surface area contributed by atoms with Crippen LogP contribution in [0.2, 0.25) is 0 Å². The molecule has 1 fully saturated rings. The molecule has 1 aliphatic carbocycles. The average molecular weight is 144 g/mol. The molecule has 1 rings (SSSR count). The molecule has 0 aliphatic heterocycles. The summed E-state index contributed by atoms with van der Waals surface area (Å²) in [6, 6.07) is 0. The Kier molecular flexibility index (Phi) is 2.40. The molecule has 0 spiro atoms. The standard InChI is InChI=1S/C7H12O3/c1-9-7(10-2)6-3-5(6)4-8/h4-7H,3H2,1-2H3. The minimum atomic E-state index is -0.185. The fourth-order valence-corrected chi connectivity index (χ4v) is 1.15. The lowest BCUT2D eigenvalue weighted by molar-refractivity contribution is -0.124. The smallest absolute Gasteiger partial charge is 0.160 e. The van der Waals surface area contributed by atoms with Crippen LogP contribution in [0.5, 0.6) is 0 Å². The van der Waals surface area contributed by atoms with Crippen molar-refractivity contribution in [1.29, 1.82) is 0 Å². The summed E-state index contributed by atoms with van der Waals surface area (Å²) >= 11 is 0. The third kappa shape index (κ3) is 1.36. The second-order valence-corrected chi connectivity index (χ2v) is 2.54.